The number of thiocarbonyl (C=S) groups is 1. The Morgan fingerprint density at radius 3 is 2.54 bits per heavy atom. The largest absolute Gasteiger partial charge is 0.493 e. The van der Waals surface area contributed by atoms with E-state index in [0.29, 0.717) is 34.5 Å². The molecule has 138 valence electrons. The van der Waals surface area contributed by atoms with E-state index in [1.165, 1.54) is 7.11 Å². The molecule has 0 aliphatic carbocycles. The lowest BCUT2D eigenvalue weighted by Gasteiger charge is -2.18. The second kappa shape index (κ2) is 9.62. The number of esters is 1. The average Bonchev–Trinajstić information content (AvgIpc) is 2.66. The van der Waals surface area contributed by atoms with Gasteiger partial charge in [-0.2, -0.15) is 0 Å². The number of nitrogens with one attached hydrogen (secondary N) is 2. The second-order valence-electron chi connectivity index (χ2n) is 5.53. The molecule has 0 unspecified atom stereocenters. The molecule has 2 rings (SSSR count). The van der Waals surface area contributed by atoms with E-state index < -0.39 is 5.97 Å². The van der Waals surface area contributed by atoms with E-state index >= 15 is 0 Å². The molecule has 0 spiro atoms. The Morgan fingerprint density at radius 1 is 1.12 bits per heavy atom. The van der Waals surface area contributed by atoms with Crippen LogP contribution in [0.2, 0.25) is 0 Å². The number of anilines is 1. The van der Waals surface area contributed by atoms with Crippen molar-refractivity contribution >= 4 is 29.0 Å². The Morgan fingerprint density at radius 2 is 1.85 bits per heavy atom. The molecule has 2 aromatic carbocycles. The molecule has 7 heteroatoms. The van der Waals surface area contributed by atoms with E-state index in [9.17, 15) is 4.79 Å². The van der Waals surface area contributed by atoms with Crippen molar-refractivity contribution in [3.63, 3.8) is 0 Å². The Kier molecular flexibility index (Phi) is 7.23. The number of ether oxygens (including phenoxy) is 3. The summed E-state index contributed by atoms with van der Waals surface area (Å²) in [4.78, 5) is 11.6. The molecular weight excluding hydrogens is 352 g/mol. The molecular formula is C19H22N2O4S. The van der Waals surface area contributed by atoms with Gasteiger partial charge in [-0.15, -0.1) is 0 Å². The van der Waals surface area contributed by atoms with Crippen LogP contribution in [0, 0.1) is 0 Å². The van der Waals surface area contributed by atoms with Gasteiger partial charge < -0.3 is 24.8 Å². The van der Waals surface area contributed by atoms with E-state index in [0.717, 1.165) is 0 Å². The zero-order valence-electron chi connectivity index (χ0n) is 14.9. The SMILES string of the molecule is COC(=O)c1cccc(NC(=S)N[C@@H](C)COc2ccccc2OC)c1. The fourth-order valence-electron chi connectivity index (χ4n) is 2.23. The van der Waals surface area contributed by atoms with Crippen molar-refractivity contribution in [1.29, 1.82) is 0 Å². The molecule has 6 nitrogen and oxygen atoms in total. The van der Waals surface area contributed by atoms with Gasteiger partial charge in [0.05, 0.1) is 25.8 Å². The number of carbonyl (C=O) groups is 1. The molecule has 0 saturated carbocycles. The third kappa shape index (κ3) is 5.63. The van der Waals surface area contributed by atoms with Crippen LogP contribution >= 0.6 is 12.2 Å². The fourth-order valence-corrected chi connectivity index (χ4v) is 2.55. The van der Waals surface area contributed by atoms with Crippen LogP contribution in [-0.4, -0.2) is 38.0 Å². The summed E-state index contributed by atoms with van der Waals surface area (Å²) < 4.78 is 15.7. The number of hydrogen-bond acceptors (Lipinski definition) is 5. The van der Waals surface area contributed by atoms with Crippen LogP contribution in [0.1, 0.15) is 17.3 Å². The lowest BCUT2D eigenvalue weighted by molar-refractivity contribution is 0.0601. The molecule has 0 saturated heterocycles. The number of para-hydroxylation sites is 2. The van der Waals surface area contributed by atoms with E-state index in [1.807, 2.05) is 37.3 Å². The summed E-state index contributed by atoms with van der Waals surface area (Å²) in [5, 5.41) is 6.62. The predicted octanol–water partition coefficient (Wildman–Crippen LogP) is 3.24. The second-order valence-corrected chi connectivity index (χ2v) is 5.94. The summed E-state index contributed by atoms with van der Waals surface area (Å²) in [5.41, 5.74) is 1.15. The molecule has 2 N–H and O–H groups in total. The molecule has 1 atom stereocenters. The van der Waals surface area contributed by atoms with Crippen LogP contribution in [0.5, 0.6) is 11.5 Å². The number of benzene rings is 2. The molecule has 0 aliphatic rings. The first-order valence-corrected chi connectivity index (χ1v) is 8.46. The first kappa shape index (κ1) is 19.5. The fraction of sp³-hybridized carbons (Fsp3) is 0.263. The number of hydrogen-bond donors (Lipinski definition) is 2. The predicted molar refractivity (Wildman–Crippen MR) is 105 cm³/mol. The van der Waals surface area contributed by atoms with Gasteiger partial charge in [-0.3, -0.25) is 0 Å². The van der Waals surface area contributed by atoms with Gasteiger partial charge in [0.2, 0.25) is 0 Å². The van der Waals surface area contributed by atoms with Gasteiger partial charge in [-0.05, 0) is 49.5 Å². The molecule has 0 aliphatic heterocycles. The third-order valence-corrected chi connectivity index (χ3v) is 3.70. The highest BCUT2D eigenvalue weighted by Gasteiger charge is 2.10. The van der Waals surface area contributed by atoms with Crippen LogP contribution in [0.15, 0.2) is 48.5 Å². The monoisotopic (exact) mass is 374 g/mol. The van der Waals surface area contributed by atoms with Gasteiger partial charge in [0.1, 0.15) is 6.61 Å². The standard InChI is InChI=1S/C19H22N2O4S/c1-13(12-25-17-10-5-4-9-16(17)23-2)20-19(26)21-15-8-6-7-14(11-15)18(22)24-3/h4-11,13H,12H2,1-3H3,(H2,20,21,26)/t13-/m0/s1. The minimum absolute atomic E-state index is 0.0382. The quantitative estimate of drug-likeness (QED) is 0.570. The molecule has 0 bridgehead atoms. The van der Waals surface area contributed by atoms with Gasteiger partial charge in [0, 0.05) is 5.69 Å². The Labute approximate surface area is 158 Å². The maximum absolute atomic E-state index is 11.6. The molecule has 2 aromatic rings. The van der Waals surface area contributed by atoms with E-state index in [-0.39, 0.29) is 6.04 Å². The Balaban J connectivity index is 1.86. The van der Waals surface area contributed by atoms with Gasteiger partial charge in [0.25, 0.3) is 0 Å². The molecule has 26 heavy (non-hydrogen) atoms. The van der Waals surface area contributed by atoms with Crippen molar-refractivity contribution < 1.29 is 19.0 Å². The van der Waals surface area contributed by atoms with Crippen molar-refractivity contribution in [2.75, 3.05) is 26.1 Å². The molecule has 0 aromatic heterocycles. The summed E-state index contributed by atoms with van der Waals surface area (Å²) >= 11 is 5.31. The lowest BCUT2D eigenvalue weighted by Crippen LogP contribution is -2.39. The third-order valence-electron chi connectivity index (χ3n) is 3.48. The van der Waals surface area contributed by atoms with E-state index in [1.54, 1.807) is 25.3 Å². The number of rotatable bonds is 7. The van der Waals surface area contributed by atoms with Crippen molar-refractivity contribution in [2.45, 2.75) is 13.0 Å². The smallest absolute Gasteiger partial charge is 0.337 e. The lowest BCUT2D eigenvalue weighted by atomic mass is 10.2. The number of methoxy groups -OCH3 is 2. The highest BCUT2D eigenvalue weighted by atomic mass is 32.1. The van der Waals surface area contributed by atoms with E-state index in [2.05, 4.69) is 10.6 Å². The highest BCUT2D eigenvalue weighted by Crippen LogP contribution is 2.25. The van der Waals surface area contributed by atoms with Crippen molar-refractivity contribution in [3.8, 4) is 11.5 Å². The Hall–Kier alpha value is -2.80. The number of carbonyl (C=O) groups excluding carboxylic acids is 1. The maximum Gasteiger partial charge on any atom is 0.337 e. The first-order chi connectivity index (χ1) is 12.5. The topological polar surface area (TPSA) is 68.8 Å². The summed E-state index contributed by atoms with van der Waals surface area (Å²) in [6.07, 6.45) is 0. The minimum atomic E-state index is -0.397. The van der Waals surface area contributed by atoms with E-state index in [4.69, 9.17) is 26.4 Å². The van der Waals surface area contributed by atoms with Crippen molar-refractivity contribution in [3.05, 3.63) is 54.1 Å². The van der Waals surface area contributed by atoms with Crippen molar-refractivity contribution in [1.82, 2.24) is 5.32 Å². The summed E-state index contributed by atoms with van der Waals surface area (Å²) in [7, 11) is 2.95. The van der Waals surface area contributed by atoms with Crippen LogP contribution in [-0.2, 0) is 4.74 Å². The summed E-state index contributed by atoms with van der Waals surface area (Å²) in [6.45, 7) is 2.36. The van der Waals surface area contributed by atoms with Gasteiger partial charge in [0.15, 0.2) is 16.6 Å². The van der Waals surface area contributed by atoms with Crippen LogP contribution in [0.25, 0.3) is 0 Å². The Bertz CT molecular complexity index is 767. The minimum Gasteiger partial charge on any atom is -0.493 e. The first-order valence-electron chi connectivity index (χ1n) is 8.05. The summed E-state index contributed by atoms with van der Waals surface area (Å²) in [6, 6.07) is 14.3. The maximum atomic E-state index is 11.6. The highest BCUT2D eigenvalue weighted by molar-refractivity contribution is 7.80. The van der Waals surface area contributed by atoms with Gasteiger partial charge in [-0.25, -0.2) is 4.79 Å². The van der Waals surface area contributed by atoms with Gasteiger partial charge >= 0.3 is 5.97 Å². The molecule has 0 heterocycles. The van der Waals surface area contributed by atoms with Gasteiger partial charge in [-0.1, -0.05) is 18.2 Å². The normalized spacial score (nSPS) is 11.2. The average molecular weight is 374 g/mol. The van der Waals surface area contributed by atoms with Crippen LogP contribution < -0.4 is 20.1 Å². The summed E-state index contributed by atoms with van der Waals surface area (Å²) in [5.74, 6) is 0.958. The van der Waals surface area contributed by atoms with Crippen LogP contribution in [0.3, 0.4) is 0 Å². The zero-order chi connectivity index (χ0) is 18.9. The zero-order valence-corrected chi connectivity index (χ0v) is 15.8. The molecule has 0 radical (unpaired) electrons. The molecule has 0 fully saturated rings. The van der Waals surface area contributed by atoms with Crippen molar-refractivity contribution in [2.24, 2.45) is 0 Å². The van der Waals surface area contributed by atoms with Crippen LogP contribution in [0.4, 0.5) is 5.69 Å². The molecule has 0 amide bonds.